The van der Waals surface area contributed by atoms with Gasteiger partial charge in [0.05, 0.1) is 23.2 Å². The number of amides is 1. The number of aromatic amines is 1. The Morgan fingerprint density at radius 1 is 1.18 bits per heavy atom. The minimum atomic E-state index is -0.465. The van der Waals surface area contributed by atoms with E-state index in [-0.39, 0.29) is 0 Å². The zero-order valence-electron chi connectivity index (χ0n) is 19.3. The van der Waals surface area contributed by atoms with Gasteiger partial charge in [0.15, 0.2) is 5.16 Å². The van der Waals surface area contributed by atoms with Crippen LogP contribution in [-0.4, -0.2) is 58.4 Å². The molecule has 34 heavy (non-hydrogen) atoms. The molecule has 2 aromatic heterocycles. The van der Waals surface area contributed by atoms with Crippen LogP contribution in [0.4, 0.5) is 16.3 Å². The summed E-state index contributed by atoms with van der Waals surface area (Å²) < 4.78 is 5.20. The highest BCUT2D eigenvalue weighted by atomic mass is 32.2. The molecule has 0 aliphatic heterocycles. The molecule has 0 saturated heterocycles. The van der Waals surface area contributed by atoms with Gasteiger partial charge in [-0.25, -0.2) is 14.8 Å². The second-order valence-electron chi connectivity index (χ2n) is 8.07. The maximum absolute atomic E-state index is 11.9. The summed E-state index contributed by atoms with van der Waals surface area (Å²) in [6, 6.07) is 15.2. The maximum Gasteiger partial charge on any atom is 0.411 e. The lowest BCUT2D eigenvalue weighted by molar-refractivity contribution is 0.156. The van der Waals surface area contributed by atoms with E-state index in [1.807, 2.05) is 74.4 Å². The highest BCUT2D eigenvalue weighted by Crippen LogP contribution is 2.33. The third kappa shape index (κ3) is 5.83. The van der Waals surface area contributed by atoms with E-state index in [1.54, 1.807) is 0 Å². The van der Waals surface area contributed by atoms with Crippen molar-refractivity contribution in [1.29, 1.82) is 0 Å². The van der Waals surface area contributed by atoms with Gasteiger partial charge >= 0.3 is 6.09 Å². The molecular weight excluding hydrogens is 450 g/mol. The Kier molecular flexibility index (Phi) is 7.29. The molecule has 0 radical (unpaired) electrons. The molecule has 0 aliphatic rings. The number of nitrogen functional groups attached to an aromatic ring is 1. The van der Waals surface area contributed by atoms with E-state index in [4.69, 9.17) is 10.5 Å². The van der Waals surface area contributed by atoms with Crippen molar-refractivity contribution in [1.82, 2.24) is 25.1 Å². The number of H-pyrrole nitrogens is 1. The first kappa shape index (κ1) is 23.5. The smallest absolute Gasteiger partial charge is 0.411 e. The summed E-state index contributed by atoms with van der Waals surface area (Å²) in [5.41, 5.74) is 10.4. The fourth-order valence-electron chi connectivity index (χ4n) is 3.42. The summed E-state index contributed by atoms with van der Waals surface area (Å²) in [6.45, 7) is 3.19. The Bertz CT molecular complexity index is 1290. The quantitative estimate of drug-likeness (QED) is 0.249. The van der Waals surface area contributed by atoms with Crippen LogP contribution in [0.15, 0.2) is 58.6 Å². The normalized spacial score (nSPS) is 11.2. The van der Waals surface area contributed by atoms with E-state index < -0.39 is 6.09 Å². The van der Waals surface area contributed by atoms with Crippen molar-refractivity contribution in [2.24, 2.45) is 0 Å². The molecule has 4 aromatic rings. The first-order valence-corrected chi connectivity index (χ1v) is 11.7. The molecular formula is C24H27N7O2S. The highest BCUT2D eigenvalue weighted by molar-refractivity contribution is 7.99. The van der Waals surface area contributed by atoms with Crippen molar-refractivity contribution >= 4 is 40.3 Å². The summed E-state index contributed by atoms with van der Waals surface area (Å²) in [6.07, 6.45) is 0.320. The molecule has 2 aromatic carbocycles. The SMILES string of the molecule is Cc1cc(-c2cccc3nc(Sc4ccc(NC(=O)OCCCN(C)C)cc4)nc(N)c23)n[nH]1. The van der Waals surface area contributed by atoms with Crippen LogP contribution in [0, 0.1) is 6.92 Å². The number of aryl methyl sites for hydroxylation is 1. The third-order valence-electron chi connectivity index (χ3n) is 5.01. The number of nitrogens with one attached hydrogen (secondary N) is 2. The van der Waals surface area contributed by atoms with Gasteiger partial charge < -0.3 is 15.4 Å². The van der Waals surface area contributed by atoms with Crippen LogP contribution >= 0.6 is 11.8 Å². The van der Waals surface area contributed by atoms with Gasteiger partial charge in [-0.3, -0.25) is 10.4 Å². The molecule has 4 N–H and O–H groups in total. The van der Waals surface area contributed by atoms with Crippen LogP contribution < -0.4 is 11.1 Å². The number of fused-ring (bicyclic) bond motifs is 1. The molecule has 0 unspecified atom stereocenters. The molecule has 1 amide bonds. The molecule has 0 fully saturated rings. The summed E-state index contributed by atoms with van der Waals surface area (Å²) in [5, 5.41) is 11.4. The fraction of sp³-hybridized carbons (Fsp3) is 0.250. The molecule has 9 nitrogen and oxygen atoms in total. The number of hydrogen-bond donors (Lipinski definition) is 3. The average molecular weight is 478 g/mol. The Labute approximate surface area is 202 Å². The van der Waals surface area contributed by atoms with E-state index in [0.717, 1.165) is 45.7 Å². The van der Waals surface area contributed by atoms with Gasteiger partial charge in [0, 0.05) is 28.4 Å². The Hall–Kier alpha value is -3.63. The van der Waals surface area contributed by atoms with Gasteiger partial charge in [0.25, 0.3) is 0 Å². The van der Waals surface area contributed by atoms with Gasteiger partial charge in [-0.15, -0.1) is 0 Å². The summed E-state index contributed by atoms with van der Waals surface area (Å²) in [4.78, 5) is 24.1. The minimum absolute atomic E-state index is 0.375. The van der Waals surface area contributed by atoms with Crippen LogP contribution in [0.3, 0.4) is 0 Å². The van der Waals surface area contributed by atoms with E-state index in [2.05, 4.69) is 25.5 Å². The van der Waals surface area contributed by atoms with Crippen molar-refractivity contribution < 1.29 is 9.53 Å². The number of anilines is 2. The van der Waals surface area contributed by atoms with Gasteiger partial charge in [-0.2, -0.15) is 5.10 Å². The van der Waals surface area contributed by atoms with E-state index >= 15 is 0 Å². The number of ether oxygens (including phenoxy) is 1. The molecule has 0 bridgehead atoms. The van der Waals surface area contributed by atoms with Crippen LogP contribution in [0.5, 0.6) is 0 Å². The summed E-state index contributed by atoms with van der Waals surface area (Å²) in [5.74, 6) is 0.402. The standard InChI is InChI=1S/C24H27N7O2S/c1-15-14-20(30-29-15)18-6-4-7-19-21(18)22(25)28-23(27-19)34-17-10-8-16(9-11-17)26-24(32)33-13-5-12-31(2)3/h4,6-11,14H,5,12-13H2,1-3H3,(H,26,32)(H,29,30)(H2,25,27,28). The van der Waals surface area contributed by atoms with Gasteiger partial charge in [0.1, 0.15) is 5.82 Å². The molecule has 4 rings (SSSR count). The monoisotopic (exact) mass is 477 g/mol. The minimum Gasteiger partial charge on any atom is -0.449 e. The van der Waals surface area contributed by atoms with E-state index in [1.165, 1.54) is 11.8 Å². The van der Waals surface area contributed by atoms with Gasteiger partial charge in [-0.05, 0) is 75.6 Å². The molecule has 176 valence electrons. The van der Waals surface area contributed by atoms with Crippen molar-refractivity contribution in [3.05, 3.63) is 54.2 Å². The van der Waals surface area contributed by atoms with Crippen LogP contribution in [-0.2, 0) is 4.74 Å². The van der Waals surface area contributed by atoms with Crippen LogP contribution in [0.1, 0.15) is 12.1 Å². The molecule has 10 heteroatoms. The lowest BCUT2D eigenvalue weighted by Crippen LogP contribution is -2.18. The largest absolute Gasteiger partial charge is 0.449 e. The van der Waals surface area contributed by atoms with Crippen LogP contribution in [0.25, 0.3) is 22.2 Å². The first-order chi connectivity index (χ1) is 16.4. The molecule has 0 saturated carbocycles. The van der Waals surface area contributed by atoms with E-state index in [0.29, 0.717) is 23.3 Å². The number of carbonyl (C=O) groups is 1. The number of nitrogens with zero attached hydrogens (tertiary/aromatic N) is 4. The Morgan fingerprint density at radius 3 is 2.68 bits per heavy atom. The number of rotatable bonds is 8. The van der Waals surface area contributed by atoms with Gasteiger partial charge in [-0.1, -0.05) is 12.1 Å². The van der Waals surface area contributed by atoms with Crippen molar-refractivity contribution in [2.45, 2.75) is 23.4 Å². The number of benzene rings is 2. The summed E-state index contributed by atoms with van der Waals surface area (Å²) >= 11 is 1.40. The molecule has 0 aliphatic carbocycles. The lowest BCUT2D eigenvalue weighted by atomic mass is 10.1. The number of nitrogens with two attached hydrogens (primary N) is 1. The zero-order valence-corrected chi connectivity index (χ0v) is 20.1. The highest BCUT2D eigenvalue weighted by Gasteiger charge is 2.14. The molecule has 0 spiro atoms. The Morgan fingerprint density at radius 2 is 1.97 bits per heavy atom. The lowest BCUT2D eigenvalue weighted by Gasteiger charge is -2.10. The van der Waals surface area contributed by atoms with Gasteiger partial charge in [0.2, 0.25) is 0 Å². The molecule has 2 heterocycles. The second kappa shape index (κ2) is 10.5. The predicted octanol–water partition coefficient (Wildman–Crippen LogP) is 4.56. The second-order valence-corrected chi connectivity index (χ2v) is 9.11. The number of hydrogen-bond acceptors (Lipinski definition) is 8. The summed E-state index contributed by atoms with van der Waals surface area (Å²) in [7, 11) is 3.96. The van der Waals surface area contributed by atoms with E-state index in [9.17, 15) is 4.79 Å². The number of aromatic nitrogens is 4. The zero-order chi connectivity index (χ0) is 24.1. The predicted molar refractivity (Wildman–Crippen MR) is 135 cm³/mol. The van der Waals surface area contributed by atoms with Crippen molar-refractivity contribution in [3.8, 4) is 11.3 Å². The number of carbonyl (C=O) groups excluding carboxylic acids is 1. The third-order valence-corrected chi connectivity index (χ3v) is 5.88. The Balaban J connectivity index is 1.43. The fourth-order valence-corrected chi connectivity index (χ4v) is 4.19. The topological polar surface area (TPSA) is 122 Å². The average Bonchev–Trinajstić information content (AvgIpc) is 3.23. The van der Waals surface area contributed by atoms with Crippen LogP contribution in [0.2, 0.25) is 0 Å². The first-order valence-electron chi connectivity index (χ1n) is 10.8. The van der Waals surface area contributed by atoms with Crippen molar-refractivity contribution in [2.75, 3.05) is 38.3 Å². The van der Waals surface area contributed by atoms with Crippen molar-refractivity contribution in [3.63, 3.8) is 0 Å². The maximum atomic E-state index is 11.9. The molecule has 0 atom stereocenters.